The lowest BCUT2D eigenvalue weighted by Crippen LogP contribution is -2.62. The molecule has 1 fully saturated rings. The molecule has 11 nitrogen and oxygen atoms in total. The van der Waals surface area contributed by atoms with Gasteiger partial charge in [0.25, 0.3) is 5.91 Å². The molecule has 11 heteroatoms. The van der Waals surface area contributed by atoms with Crippen LogP contribution in [0.3, 0.4) is 0 Å². The van der Waals surface area contributed by atoms with Crippen molar-refractivity contribution in [1.29, 1.82) is 0 Å². The van der Waals surface area contributed by atoms with Crippen LogP contribution in [0.2, 0.25) is 0 Å². The Morgan fingerprint density at radius 1 is 1.05 bits per heavy atom. The molecule has 0 aromatic heterocycles. The van der Waals surface area contributed by atoms with E-state index in [0.717, 1.165) is 5.06 Å². The van der Waals surface area contributed by atoms with Crippen LogP contribution >= 0.6 is 0 Å². The second-order valence-electron chi connectivity index (χ2n) is 11.0. The van der Waals surface area contributed by atoms with Crippen molar-refractivity contribution in [3.63, 3.8) is 0 Å². The van der Waals surface area contributed by atoms with E-state index in [-0.39, 0.29) is 25.5 Å². The van der Waals surface area contributed by atoms with E-state index in [1.807, 2.05) is 42.5 Å². The van der Waals surface area contributed by atoms with Crippen LogP contribution in [0.1, 0.15) is 40.2 Å². The van der Waals surface area contributed by atoms with E-state index in [2.05, 4.69) is 5.32 Å². The van der Waals surface area contributed by atoms with Crippen LogP contribution in [0.5, 0.6) is 11.5 Å². The molecule has 5 N–H and O–H groups in total. The average Bonchev–Trinajstić information content (AvgIpc) is 3.56. The number of hydroxylamine groups is 2. The first kappa shape index (κ1) is 29.1. The highest BCUT2D eigenvalue weighted by Crippen LogP contribution is 2.75. The number of aliphatic hydroxyl groups is 4. The van der Waals surface area contributed by atoms with Gasteiger partial charge in [-0.1, -0.05) is 48.5 Å². The number of hydrogen-bond donors (Lipinski definition) is 5. The third-order valence-electron chi connectivity index (χ3n) is 9.05. The standard InChI is InChI=1S/C32H35N3O8/c1-35(42-3)29(39)28-27(20-7-5-4-6-8-20)30(22-9-11-23(41-2)12-10-22)31(32(28,40)34-25(33-31)13-14-36)26-21(18-38)15-19(17-37)16-24(26)43-30/h4-12,15-16,27-28,36-38,40H,13-14,17-18H2,1-3H3,(H,33,34)/t27-,28+,30+,31-,32-/m1/s1. The molecular weight excluding hydrogens is 554 g/mol. The van der Waals surface area contributed by atoms with E-state index in [4.69, 9.17) is 19.3 Å². The molecule has 2 aliphatic heterocycles. The Bertz CT molecular complexity index is 1560. The topological polar surface area (TPSA) is 153 Å². The quantitative estimate of drug-likeness (QED) is 0.235. The molecule has 1 saturated carbocycles. The van der Waals surface area contributed by atoms with E-state index in [9.17, 15) is 25.2 Å². The zero-order valence-corrected chi connectivity index (χ0v) is 24.2. The van der Waals surface area contributed by atoms with Crippen molar-refractivity contribution in [3.8, 4) is 11.5 Å². The lowest BCUT2D eigenvalue weighted by molar-refractivity contribution is -0.184. The summed E-state index contributed by atoms with van der Waals surface area (Å²) >= 11 is 0. The first-order chi connectivity index (χ1) is 20.8. The minimum Gasteiger partial charge on any atom is -0.497 e. The van der Waals surface area contributed by atoms with E-state index >= 15 is 0 Å². The summed E-state index contributed by atoms with van der Waals surface area (Å²) < 4.78 is 12.5. The number of methoxy groups -OCH3 is 1. The molecule has 226 valence electrons. The third-order valence-corrected chi connectivity index (χ3v) is 9.05. The molecule has 1 spiro atoms. The molecular formula is C32H35N3O8. The first-order valence-electron chi connectivity index (χ1n) is 14.0. The minimum absolute atomic E-state index is 0.0678. The fourth-order valence-electron chi connectivity index (χ4n) is 7.39. The normalized spacial score (nSPS) is 28.3. The van der Waals surface area contributed by atoms with Gasteiger partial charge in [-0.3, -0.25) is 14.6 Å². The molecule has 5 atom stereocenters. The Hall–Kier alpha value is -4.00. The Morgan fingerprint density at radius 3 is 2.37 bits per heavy atom. The molecule has 0 unspecified atom stereocenters. The number of rotatable bonds is 9. The number of carbonyl (C=O) groups is 1. The van der Waals surface area contributed by atoms with Gasteiger partial charge in [-0.05, 0) is 40.5 Å². The summed E-state index contributed by atoms with van der Waals surface area (Å²) in [6, 6.07) is 19.8. The highest BCUT2D eigenvalue weighted by Gasteiger charge is 2.86. The monoisotopic (exact) mass is 589 g/mol. The summed E-state index contributed by atoms with van der Waals surface area (Å²) in [6.07, 6.45) is 0.0678. The van der Waals surface area contributed by atoms with Crippen molar-refractivity contribution in [2.45, 2.75) is 42.4 Å². The molecule has 6 rings (SSSR count). The average molecular weight is 590 g/mol. The lowest BCUT2D eigenvalue weighted by Gasteiger charge is -2.42. The Balaban J connectivity index is 1.79. The van der Waals surface area contributed by atoms with Gasteiger partial charge in [0.1, 0.15) is 23.3 Å². The van der Waals surface area contributed by atoms with Gasteiger partial charge in [-0.25, -0.2) is 5.06 Å². The van der Waals surface area contributed by atoms with Crippen LogP contribution in [0.25, 0.3) is 0 Å². The van der Waals surface area contributed by atoms with E-state index in [0.29, 0.717) is 39.3 Å². The predicted molar refractivity (Wildman–Crippen MR) is 155 cm³/mol. The number of benzene rings is 3. The summed E-state index contributed by atoms with van der Waals surface area (Å²) in [5.74, 6) is -1.45. The number of hydrogen-bond acceptors (Lipinski definition) is 10. The van der Waals surface area contributed by atoms with Crippen LogP contribution < -0.4 is 14.8 Å². The van der Waals surface area contributed by atoms with Crippen molar-refractivity contribution >= 4 is 11.7 Å². The van der Waals surface area contributed by atoms with E-state index < -0.39 is 41.2 Å². The molecule has 1 aliphatic carbocycles. The number of nitrogens with one attached hydrogen (secondary N) is 1. The highest BCUT2D eigenvalue weighted by atomic mass is 16.7. The molecule has 3 aliphatic rings. The van der Waals surface area contributed by atoms with Gasteiger partial charge in [0.15, 0.2) is 16.9 Å². The molecule has 43 heavy (non-hydrogen) atoms. The summed E-state index contributed by atoms with van der Waals surface area (Å²) in [7, 11) is 4.40. The van der Waals surface area contributed by atoms with Crippen LogP contribution in [-0.2, 0) is 34.0 Å². The summed E-state index contributed by atoms with van der Waals surface area (Å²) in [6.45, 7) is -1.03. The van der Waals surface area contributed by atoms with Crippen molar-refractivity contribution in [2.75, 3.05) is 27.9 Å². The minimum atomic E-state index is -2.13. The number of aliphatic hydroxyl groups excluding tert-OH is 3. The van der Waals surface area contributed by atoms with Crippen LogP contribution in [-0.4, -0.2) is 70.8 Å². The number of amides is 1. The zero-order chi connectivity index (χ0) is 30.6. The second kappa shape index (κ2) is 10.6. The summed E-state index contributed by atoms with van der Waals surface area (Å²) in [5.41, 5.74) is -2.88. The van der Waals surface area contributed by atoms with Crippen LogP contribution in [0.4, 0.5) is 0 Å². The second-order valence-corrected chi connectivity index (χ2v) is 11.0. The number of carbonyl (C=O) groups excluding carboxylic acids is 1. The smallest absolute Gasteiger partial charge is 0.254 e. The van der Waals surface area contributed by atoms with Gasteiger partial charge in [-0.15, -0.1) is 0 Å². The fourth-order valence-corrected chi connectivity index (χ4v) is 7.39. The molecule has 1 amide bonds. The lowest BCUT2D eigenvalue weighted by atomic mass is 9.67. The van der Waals surface area contributed by atoms with Gasteiger partial charge in [0.2, 0.25) is 0 Å². The fraction of sp³-hybridized carbons (Fsp3) is 0.375. The van der Waals surface area contributed by atoms with Crippen molar-refractivity contribution in [1.82, 2.24) is 10.4 Å². The molecule has 3 aromatic carbocycles. The number of ether oxygens (including phenoxy) is 2. The summed E-state index contributed by atoms with van der Waals surface area (Å²) in [5, 5.41) is 48.1. The number of aliphatic imine (C=N–C) groups is 1. The Kier molecular flexibility index (Phi) is 7.18. The van der Waals surface area contributed by atoms with E-state index in [1.54, 1.807) is 31.4 Å². The Morgan fingerprint density at radius 2 is 1.77 bits per heavy atom. The maximum atomic E-state index is 14.4. The SMILES string of the molecule is COc1ccc([C@@]23Oc4cc(CO)cc(CO)c4[C@@]24N=C(CCO)N[C@@]4(O)[C@H](C(=O)N(C)OC)[C@H]3c2ccccc2)cc1. The maximum Gasteiger partial charge on any atom is 0.254 e. The van der Waals surface area contributed by atoms with Crippen molar-refractivity contribution in [3.05, 3.63) is 94.5 Å². The van der Waals surface area contributed by atoms with Crippen LogP contribution in [0.15, 0.2) is 71.7 Å². The predicted octanol–water partition coefficient (Wildman–Crippen LogP) is 1.67. The van der Waals surface area contributed by atoms with Crippen molar-refractivity contribution in [2.24, 2.45) is 10.9 Å². The number of amidine groups is 1. The largest absolute Gasteiger partial charge is 0.497 e. The van der Waals surface area contributed by atoms with Gasteiger partial charge in [-0.2, -0.15) is 0 Å². The highest BCUT2D eigenvalue weighted by molar-refractivity contribution is 5.92. The molecule has 0 radical (unpaired) electrons. The molecule has 2 heterocycles. The first-order valence-corrected chi connectivity index (χ1v) is 14.0. The molecule has 0 saturated heterocycles. The van der Waals surface area contributed by atoms with Gasteiger partial charge >= 0.3 is 0 Å². The van der Waals surface area contributed by atoms with Crippen LogP contribution in [0, 0.1) is 5.92 Å². The molecule has 0 bridgehead atoms. The zero-order valence-electron chi connectivity index (χ0n) is 24.2. The van der Waals surface area contributed by atoms with Gasteiger partial charge in [0.05, 0.1) is 34.0 Å². The number of nitrogens with zero attached hydrogens (tertiary/aromatic N) is 2. The maximum absolute atomic E-state index is 14.4. The van der Waals surface area contributed by atoms with Crippen molar-refractivity contribution < 1.29 is 39.5 Å². The summed E-state index contributed by atoms with van der Waals surface area (Å²) in [4.78, 5) is 24.9. The number of fused-ring (bicyclic) bond motifs is 1. The Labute approximate surface area is 248 Å². The molecule has 3 aromatic rings. The van der Waals surface area contributed by atoms with E-state index in [1.165, 1.54) is 14.2 Å². The van der Waals surface area contributed by atoms with Gasteiger partial charge in [0, 0.05) is 24.9 Å². The third kappa shape index (κ3) is 3.79. The van der Waals surface area contributed by atoms with Gasteiger partial charge < -0.3 is 35.2 Å².